The molecule has 38 heavy (non-hydrogen) atoms. The fraction of sp³-hybridized carbons (Fsp3) is 0.179. The number of nitrogens with one attached hydrogen (secondary N) is 2. The Morgan fingerprint density at radius 3 is 2.55 bits per heavy atom. The molecule has 2 aromatic carbocycles. The second-order valence-corrected chi connectivity index (χ2v) is 10.1. The highest BCUT2D eigenvalue weighted by Crippen LogP contribution is 2.47. The molecule has 0 radical (unpaired) electrons. The highest BCUT2D eigenvalue weighted by atomic mass is 32.1. The van der Waals surface area contributed by atoms with Crippen molar-refractivity contribution in [2.45, 2.75) is 18.8 Å². The minimum absolute atomic E-state index is 0.0890. The molecule has 0 saturated heterocycles. The molecule has 190 valence electrons. The zero-order chi connectivity index (χ0) is 26.1. The van der Waals surface area contributed by atoms with Crippen molar-refractivity contribution in [1.82, 2.24) is 19.9 Å². The number of fused-ring (bicyclic) bond motifs is 1. The van der Waals surface area contributed by atoms with Crippen LogP contribution in [0.15, 0.2) is 72.8 Å². The van der Waals surface area contributed by atoms with E-state index >= 15 is 0 Å². The maximum Gasteiger partial charge on any atom is 0.307 e. The molecule has 0 bridgehead atoms. The molecule has 9 nitrogen and oxygen atoms in total. The number of carbonyl (C=O) groups is 1. The first-order valence-electron chi connectivity index (χ1n) is 12.1. The number of anilines is 4. The van der Waals surface area contributed by atoms with Crippen molar-refractivity contribution in [2.75, 3.05) is 17.7 Å². The number of hydrogen-bond acceptors (Lipinski definition) is 9. The van der Waals surface area contributed by atoms with Crippen molar-refractivity contribution < 1.29 is 14.6 Å². The molecule has 3 N–H and O–H groups in total. The molecule has 1 saturated carbocycles. The molecule has 0 aliphatic heterocycles. The number of aromatic nitrogens is 4. The Labute approximate surface area is 222 Å². The molecule has 0 amide bonds. The highest BCUT2D eigenvalue weighted by Gasteiger charge is 2.44. The van der Waals surface area contributed by atoms with Gasteiger partial charge in [-0.05, 0) is 41.7 Å². The third-order valence-corrected chi connectivity index (χ3v) is 7.26. The van der Waals surface area contributed by atoms with Gasteiger partial charge in [0, 0.05) is 24.2 Å². The number of methoxy groups -OCH3 is 1. The van der Waals surface area contributed by atoms with Crippen LogP contribution in [0, 0.1) is 5.92 Å². The number of nitrogens with zero attached hydrogens (tertiary/aromatic N) is 4. The van der Waals surface area contributed by atoms with Crippen LogP contribution < -0.4 is 15.4 Å². The van der Waals surface area contributed by atoms with Gasteiger partial charge < -0.3 is 20.5 Å². The van der Waals surface area contributed by atoms with Crippen LogP contribution in [0.3, 0.4) is 0 Å². The van der Waals surface area contributed by atoms with Crippen molar-refractivity contribution in [3.8, 4) is 5.88 Å². The highest BCUT2D eigenvalue weighted by molar-refractivity contribution is 7.21. The SMILES string of the molecule is COc1ccc2nc(Nc3cc(Cc4ccccc4)nc(Nc4ccc(C5CC5C(=O)O)cc4)n3)sc2n1. The molecule has 2 unspecified atom stereocenters. The third kappa shape index (κ3) is 5.25. The lowest BCUT2D eigenvalue weighted by Gasteiger charge is -2.11. The van der Waals surface area contributed by atoms with Gasteiger partial charge in [-0.1, -0.05) is 53.8 Å². The van der Waals surface area contributed by atoms with Gasteiger partial charge >= 0.3 is 5.97 Å². The number of thiazole rings is 1. The molecule has 0 spiro atoms. The normalized spacial score (nSPS) is 16.2. The standard InChI is InChI=1S/C28H24N6O3S/c1-37-24-12-11-22-25(34-24)38-28(31-22)33-23-14-19(13-16-5-3-2-4-6-16)30-27(32-23)29-18-9-7-17(8-10-18)20-15-21(20)26(35)36/h2-12,14,20-21H,13,15H2,1H3,(H,35,36)(H2,29,30,31,32,33). The van der Waals surface area contributed by atoms with Crippen LogP contribution in [0.2, 0.25) is 0 Å². The van der Waals surface area contributed by atoms with E-state index in [2.05, 4.69) is 37.7 Å². The minimum Gasteiger partial charge on any atom is -0.481 e. The van der Waals surface area contributed by atoms with E-state index in [4.69, 9.17) is 9.72 Å². The Kier molecular flexibility index (Phi) is 6.30. The molecular formula is C28H24N6O3S. The van der Waals surface area contributed by atoms with Crippen LogP contribution in [0.4, 0.5) is 22.6 Å². The predicted molar refractivity (Wildman–Crippen MR) is 147 cm³/mol. The number of carboxylic acid groups (broad SMARTS) is 1. The van der Waals surface area contributed by atoms with E-state index in [1.807, 2.05) is 54.6 Å². The van der Waals surface area contributed by atoms with E-state index in [0.717, 1.165) is 32.9 Å². The summed E-state index contributed by atoms with van der Waals surface area (Å²) in [4.78, 5) is 30.5. The van der Waals surface area contributed by atoms with Crippen LogP contribution in [0.25, 0.3) is 10.3 Å². The first-order chi connectivity index (χ1) is 18.5. The van der Waals surface area contributed by atoms with Gasteiger partial charge in [-0.15, -0.1) is 0 Å². The number of benzene rings is 2. The van der Waals surface area contributed by atoms with Crippen molar-refractivity contribution >= 4 is 50.2 Å². The topological polar surface area (TPSA) is 122 Å². The van der Waals surface area contributed by atoms with E-state index in [9.17, 15) is 9.90 Å². The molecule has 3 heterocycles. The monoisotopic (exact) mass is 524 g/mol. The average Bonchev–Trinajstić information content (AvgIpc) is 3.63. The summed E-state index contributed by atoms with van der Waals surface area (Å²) < 4.78 is 5.23. The summed E-state index contributed by atoms with van der Waals surface area (Å²) in [5, 5.41) is 16.5. The van der Waals surface area contributed by atoms with E-state index in [-0.39, 0.29) is 11.8 Å². The maximum absolute atomic E-state index is 11.2. The van der Waals surface area contributed by atoms with Crippen LogP contribution >= 0.6 is 11.3 Å². The zero-order valence-electron chi connectivity index (χ0n) is 20.5. The Morgan fingerprint density at radius 2 is 1.82 bits per heavy atom. The summed E-state index contributed by atoms with van der Waals surface area (Å²) in [7, 11) is 1.59. The molecular weight excluding hydrogens is 500 g/mol. The van der Waals surface area contributed by atoms with Gasteiger partial charge in [-0.3, -0.25) is 4.79 Å². The lowest BCUT2D eigenvalue weighted by Crippen LogP contribution is -2.04. The maximum atomic E-state index is 11.2. The fourth-order valence-corrected chi connectivity index (χ4v) is 5.21. The fourth-order valence-electron chi connectivity index (χ4n) is 4.37. The summed E-state index contributed by atoms with van der Waals surface area (Å²) in [5.74, 6) is 0.676. The lowest BCUT2D eigenvalue weighted by molar-refractivity contribution is -0.138. The Balaban J connectivity index is 1.26. The number of pyridine rings is 1. The summed E-state index contributed by atoms with van der Waals surface area (Å²) in [6.07, 6.45) is 1.33. The molecule has 6 rings (SSSR count). The van der Waals surface area contributed by atoms with Gasteiger partial charge in [-0.25, -0.2) is 15.0 Å². The van der Waals surface area contributed by atoms with E-state index in [0.29, 0.717) is 35.6 Å². The number of rotatable bonds is 9. The van der Waals surface area contributed by atoms with Crippen LogP contribution in [0.5, 0.6) is 5.88 Å². The van der Waals surface area contributed by atoms with E-state index in [1.165, 1.54) is 11.3 Å². The zero-order valence-corrected chi connectivity index (χ0v) is 21.3. The van der Waals surface area contributed by atoms with Crippen molar-refractivity contribution in [3.63, 3.8) is 0 Å². The Bertz CT molecular complexity index is 1610. The average molecular weight is 525 g/mol. The second-order valence-electron chi connectivity index (χ2n) is 9.09. The summed E-state index contributed by atoms with van der Waals surface area (Å²) in [5.41, 5.74) is 4.61. The molecule has 3 aromatic heterocycles. The van der Waals surface area contributed by atoms with Crippen LogP contribution in [0.1, 0.15) is 29.2 Å². The van der Waals surface area contributed by atoms with Crippen LogP contribution in [-0.4, -0.2) is 38.1 Å². The molecule has 1 aliphatic carbocycles. The van der Waals surface area contributed by atoms with Gasteiger partial charge in [-0.2, -0.15) is 4.98 Å². The number of aliphatic carboxylic acids is 1. The molecule has 5 aromatic rings. The van der Waals surface area contributed by atoms with Crippen LogP contribution in [-0.2, 0) is 11.2 Å². The van der Waals surface area contributed by atoms with E-state index < -0.39 is 5.97 Å². The van der Waals surface area contributed by atoms with Gasteiger partial charge in [0.15, 0.2) is 5.13 Å². The number of carboxylic acids is 1. The first kappa shape index (κ1) is 23.8. The molecule has 2 atom stereocenters. The third-order valence-electron chi connectivity index (χ3n) is 6.38. The van der Waals surface area contributed by atoms with Crippen molar-refractivity contribution in [3.05, 3.63) is 89.6 Å². The molecule has 1 fully saturated rings. The Hall–Kier alpha value is -4.57. The van der Waals surface area contributed by atoms with Gasteiger partial charge in [0.2, 0.25) is 11.8 Å². The largest absolute Gasteiger partial charge is 0.481 e. The van der Waals surface area contributed by atoms with Crippen molar-refractivity contribution in [1.29, 1.82) is 0 Å². The second kappa shape index (κ2) is 10.1. The van der Waals surface area contributed by atoms with Gasteiger partial charge in [0.25, 0.3) is 0 Å². The van der Waals surface area contributed by atoms with Gasteiger partial charge in [0.1, 0.15) is 16.2 Å². The Morgan fingerprint density at radius 1 is 1.00 bits per heavy atom. The molecule has 1 aliphatic rings. The first-order valence-corrected chi connectivity index (χ1v) is 13.0. The number of ether oxygens (including phenoxy) is 1. The minimum atomic E-state index is -0.732. The quantitative estimate of drug-likeness (QED) is 0.221. The smallest absolute Gasteiger partial charge is 0.307 e. The summed E-state index contributed by atoms with van der Waals surface area (Å²) in [6.45, 7) is 0. The van der Waals surface area contributed by atoms with Crippen molar-refractivity contribution in [2.24, 2.45) is 5.92 Å². The molecule has 10 heteroatoms. The lowest BCUT2D eigenvalue weighted by atomic mass is 10.1. The number of hydrogen-bond donors (Lipinski definition) is 3. The van der Waals surface area contributed by atoms with Gasteiger partial charge in [0.05, 0.1) is 18.7 Å². The predicted octanol–water partition coefficient (Wildman–Crippen LogP) is 5.76. The van der Waals surface area contributed by atoms with E-state index in [1.54, 1.807) is 13.2 Å². The summed E-state index contributed by atoms with van der Waals surface area (Å²) in [6, 6.07) is 23.5. The summed E-state index contributed by atoms with van der Waals surface area (Å²) >= 11 is 1.42.